The van der Waals surface area contributed by atoms with Crippen LogP contribution in [0, 0.1) is 6.92 Å². The standard InChI is InChI=1S/C13H17ClN2O2S.ClH/c1-10-2-3-12(14)13(8-10)19(17,18)16-9-11-4-6-15-7-5-11;/h2-4,8,15-16H,5-7,9H2,1H3;1H. The van der Waals surface area contributed by atoms with Crippen molar-refractivity contribution in [1.29, 1.82) is 0 Å². The molecule has 7 heteroatoms. The fourth-order valence-corrected chi connectivity index (χ4v) is 3.53. The van der Waals surface area contributed by atoms with Crippen LogP contribution in [-0.4, -0.2) is 28.1 Å². The van der Waals surface area contributed by atoms with E-state index < -0.39 is 10.0 Å². The van der Waals surface area contributed by atoms with Crippen LogP contribution in [0.5, 0.6) is 0 Å². The maximum Gasteiger partial charge on any atom is 0.242 e. The van der Waals surface area contributed by atoms with Crippen LogP contribution in [0.15, 0.2) is 34.7 Å². The first-order chi connectivity index (χ1) is 8.99. The molecule has 0 bridgehead atoms. The van der Waals surface area contributed by atoms with E-state index in [4.69, 9.17) is 11.6 Å². The summed E-state index contributed by atoms with van der Waals surface area (Å²) >= 11 is 5.96. The van der Waals surface area contributed by atoms with Gasteiger partial charge in [-0.25, -0.2) is 13.1 Å². The van der Waals surface area contributed by atoms with E-state index >= 15 is 0 Å². The second kappa shape index (κ2) is 7.43. The topological polar surface area (TPSA) is 58.2 Å². The van der Waals surface area contributed by atoms with E-state index in [1.165, 1.54) is 0 Å². The summed E-state index contributed by atoms with van der Waals surface area (Å²) in [6.45, 7) is 3.86. The van der Waals surface area contributed by atoms with Crippen LogP contribution in [0.1, 0.15) is 12.0 Å². The van der Waals surface area contributed by atoms with Crippen molar-refractivity contribution in [1.82, 2.24) is 10.0 Å². The van der Waals surface area contributed by atoms with Crippen molar-refractivity contribution in [2.45, 2.75) is 18.2 Å². The van der Waals surface area contributed by atoms with Crippen LogP contribution < -0.4 is 10.0 Å². The number of halogens is 2. The zero-order chi connectivity index (χ0) is 13.9. The number of benzene rings is 1. The van der Waals surface area contributed by atoms with Gasteiger partial charge in [0.2, 0.25) is 10.0 Å². The third-order valence-corrected chi connectivity index (χ3v) is 4.91. The van der Waals surface area contributed by atoms with Gasteiger partial charge in [0.05, 0.1) is 5.02 Å². The highest BCUT2D eigenvalue weighted by Crippen LogP contribution is 2.22. The molecular weight excluding hydrogens is 319 g/mol. The summed E-state index contributed by atoms with van der Waals surface area (Å²) < 4.78 is 27.0. The zero-order valence-electron chi connectivity index (χ0n) is 11.1. The predicted octanol–water partition coefficient (Wildman–Crippen LogP) is 2.27. The summed E-state index contributed by atoms with van der Waals surface area (Å²) in [4.78, 5) is 0.142. The molecule has 1 aliphatic heterocycles. The lowest BCUT2D eigenvalue weighted by Gasteiger charge is -2.15. The molecule has 0 aliphatic carbocycles. The van der Waals surface area contributed by atoms with Crippen molar-refractivity contribution in [2.24, 2.45) is 0 Å². The van der Waals surface area contributed by atoms with Gasteiger partial charge in [0.15, 0.2) is 0 Å². The van der Waals surface area contributed by atoms with Gasteiger partial charge in [-0.2, -0.15) is 0 Å². The van der Waals surface area contributed by atoms with E-state index in [-0.39, 0.29) is 22.3 Å². The van der Waals surface area contributed by atoms with Gasteiger partial charge in [0, 0.05) is 13.1 Å². The van der Waals surface area contributed by atoms with E-state index in [1.54, 1.807) is 18.2 Å². The SMILES string of the molecule is Cc1ccc(Cl)c(S(=O)(=O)NCC2=CCNCC2)c1.Cl. The van der Waals surface area contributed by atoms with Gasteiger partial charge in [-0.3, -0.25) is 0 Å². The van der Waals surface area contributed by atoms with Gasteiger partial charge in [-0.1, -0.05) is 29.3 Å². The molecule has 0 radical (unpaired) electrons. The van der Waals surface area contributed by atoms with E-state index in [0.717, 1.165) is 30.6 Å². The van der Waals surface area contributed by atoms with Crippen LogP contribution in [0.25, 0.3) is 0 Å². The number of hydrogen-bond donors (Lipinski definition) is 2. The van der Waals surface area contributed by atoms with Crippen LogP contribution >= 0.6 is 24.0 Å². The average Bonchev–Trinajstić information content (AvgIpc) is 2.40. The fourth-order valence-electron chi connectivity index (χ4n) is 1.91. The van der Waals surface area contributed by atoms with Crippen molar-refractivity contribution in [3.05, 3.63) is 40.4 Å². The largest absolute Gasteiger partial charge is 0.313 e. The average molecular weight is 337 g/mol. The molecule has 0 saturated carbocycles. The van der Waals surface area contributed by atoms with Gasteiger partial charge in [0.25, 0.3) is 0 Å². The molecule has 2 N–H and O–H groups in total. The second-order valence-corrected chi connectivity index (χ2v) is 6.72. The Morgan fingerprint density at radius 3 is 2.80 bits per heavy atom. The van der Waals surface area contributed by atoms with E-state index in [1.807, 2.05) is 13.0 Å². The van der Waals surface area contributed by atoms with E-state index in [0.29, 0.717) is 6.54 Å². The monoisotopic (exact) mass is 336 g/mol. The first-order valence-corrected chi connectivity index (χ1v) is 7.99. The molecule has 1 heterocycles. The Bertz CT molecular complexity index is 600. The highest BCUT2D eigenvalue weighted by molar-refractivity contribution is 7.89. The molecule has 0 amide bonds. The first kappa shape index (κ1) is 17.5. The Hall–Kier alpha value is -0.590. The van der Waals surface area contributed by atoms with Gasteiger partial charge in [0.1, 0.15) is 4.90 Å². The Morgan fingerprint density at radius 2 is 2.15 bits per heavy atom. The molecule has 1 aromatic carbocycles. The molecule has 2 rings (SSSR count). The molecule has 0 unspecified atom stereocenters. The van der Waals surface area contributed by atoms with E-state index in [9.17, 15) is 8.42 Å². The van der Waals surface area contributed by atoms with Gasteiger partial charge >= 0.3 is 0 Å². The third-order valence-electron chi connectivity index (χ3n) is 3.02. The predicted molar refractivity (Wildman–Crippen MR) is 84.2 cm³/mol. The Morgan fingerprint density at radius 1 is 1.40 bits per heavy atom. The van der Waals surface area contributed by atoms with E-state index in [2.05, 4.69) is 10.0 Å². The number of rotatable bonds is 4. The minimum Gasteiger partial charge on any atom is -0.313 e. The molecule has 0 atom stereocenters. The maximum absolute atomic E-state index is 12.2. The highest BCUT2D eigenvalue weighted by atomic mass is 35.5. The van der Waals surface area contributed by atoms with Crippen LogP contribution in [0.2, 0.25) is 5.02 Å². The summed E-state index contributed by atoms with van der Waals surface area (Å²) in [5.74, 6) is 0. The molecule has 1 aromatic rings. The highest BCUT2D eigenvalue weighted by Gasteiger charge is 2.18. The maximum atomic E-state index is 12.2. The number of sulfonamides is 1. The number of hydrogen-bond acceptors (Lipinski definition) is 3. The van der Waals surface area contributed by atoms with Crippen molar-refractivity contribution in [3.63, 3.8) is 0 Å². The molecule has 0 saturated heterocycles. The lowest BCUT2D eigenvalue weighted by molar-refractivity contribution is 0.582. The normalized spacial score (nSPS) is 15.4. The minimum atomic E-state index is -3.56. The smallest absolute Gasteiger partial charge is 0.242 e. The molecular formula is C13H18Cl2N2O2S. The summed E-state index contributed by atoms with van der Waals surface area (Å²) in [5.41, 5.74) is 1.97. The first-order valence-electron chi connectivity index (χ1n) is 6.13. The van der Waals surface area contributed by atoms with Gasteiger partial charge in [-0.05, 0) is 37.6 Å². The van der Waals surface area contributed by atoms with Crippen molar-refractivity contribution >= 4 is 34.0 Å². The van der Waals surface area contributed by atoms with Crippen molar-refractivity contribution < 1.29 is 8.42 Å². The fraction of sp³-hybridized carbons (Fsp3) is 0.385. The summed E-state index contributed by atoms with van der Waals surface area (Å²) in [6, 6.07) is 4.98. The van der Waals surface area contributed by atoms with Gasteiger partial charge in [-0.15, -0.1) is 12.4 Å². The third kappa shape index (κ3) is 4.46. The molecule has 0 fully saturated rings. The molecule has 1 aliphatic rings. The van der Waals surface area contributed by atoms with Crippen LogP contribution in [0.4, 0.5) is 0 Å². The van der Waals surface area contributed by atoms with Crippen LogP contribution in [0.3, 0.4) is 0 Å². The van der Waals surface area contributed by atoms with Crippen LogP contribution in [-0.2, 0) is 10.0 Å². The minimum absolute atomic E-state index is 0. The Kier molecular flexibility index (Phi) is 6.48. The van der Waals surface area contributed by atoms with Gasteiger partial charge < -0.3 is 5.32 Å². The summed E-state index contributed by atoms with van der Waals surface area (Å²) in [5, 5.41) is 3.43. The number of aryl methyl sites for hydroxylation is 1. The molecule has 112 valence electrons. The lowest BCUT2D eigenvalue weighted by Crippen LogP contribution is -2.29. The molecule has 4 nitrogen and oxygen atoms in total. The number of nitrogens with one attached hydrogen (secondary N) is 2. The molecule has 0 spiro atoms. The quantitative estimate of drug-likeness (QED) is 0.829. The summed E-state index contributed by atoms with van der Waals surface area (Å²) in [6.07, 6.45) is 2.88. The van der Waals surface area contributed by atoms with Crippen molar-refractivity contribution in [3.8, 4) is 0 Å². The Labute approximate surface area is 131 Å². The second-order valence-electron chi connectivity index (χ2n) is 4.57. The van der Waals surface area contributed by atoms with Crippen molar-refractivity contribution in [2.75, 3.05) is 19.6 Å². The molecule has 20 heavy (non-hydrogen) atoms. The molecule has 0 aromatic heterocycles. The summed E-state index contributed by atoms with van der Waals surface area (Å²) in [7, 11) is -3.56. The Balaban J connectivity index is 0.00000200. The lowest BCUT2D eigenvalue weighted by atomic mass is 10.1. The zero-order valence-corrected chi connectivity index (χ0v) is 13.5.